The van der Waals surface area contributed by atoms with Gasteiger partial charge in [-0.25, -0.2) is 0 Å². The number of carbonyl (C=O) groups excluding carboxylic acids is 2. The lowest BCUT2D eigenvalue weighted by Gasteiger charge is -2.22. The Kier molecular flexibility index (Phi) is 7.72. The van der Waals surface area contributed by atoms with E-state index in [2.05, 4.69) is 5.10 Å². The van der Waals surface area contributed by atoms with Gasteiger partial charge in [-0.15, -0.1) is 11.3 Å². The average molecular weight is 559 g/mol. The summed E-state index contributed by atoms with van der Waals surface area (Å²) in [6.07, 6.45) is 1.50. The fourth-order valence-corrected chi connectivity index (χ4v) is 5.48. The van der Waals surface area contributed by atoms with Gasteiger partial charge < -0.3 is 14.2 Å². The minimum atomic E-state index is -0.716. The fraction of sp³-hybridized carbons (Fsp3) is 0.308. The van der Waals surface area contributed by atoms with Crippen LogP contribution in [0, 0.1) is 5.41 Å². The number of halogens is 1. The third-order valence-electron chi connectivity index (χ3n) is 5.67. The summed E-state index contributed by atoms with van der Waals surface area (Å²) >= 11 is 8.97. The van der Waals surface area contributed by atoms with E-state index < -0.39 is 11.0 Å². The van der Waals surface area contributed by atoms with Crippen molar-refractivity contribution in [3.05, 3.63) is 72.4 Å². The molecule has 0 aliphatic heterocycles. The van der Waals surface area contributed by atoms with Gasteiger partial charge in [0.1, 0.15) is 17.3 Å². The van der Waals surface area contributed by atoms with Gasteiger partial charge in [-0.3, -0.25) is 14.4 Å². The Bertz CT molecular complexity index is 1500. The maximum Gasteiger partial charge on any atom is 0.260 e. The van der Waals surface area contributed by atoms with E-state index in [1.54, 1.807) is 23.6 Å². The molecule has 0 unspecified atom stereocenters. The maximum absolute atomic E-state index is 13.5. The highest BCUT2D eigenvalue weighted by Crippen LogP contribution is 2.30. The number of ketones is 1. The number of hydrogen-bond donors (Lipinski definition) is 0. The number of Topliss-reactive ketones (excluding diaryl/α,β-unsaturated/α-hetero) is 1. The molecule has 0 atom stereocenters. The summed E-state index contributed by atoms with van der Waals surface area (Å²) in [5.74, 6) is 0.516. The van der Waals surface area contributed by atoms with Crippen molar-refractivity contribution in [1.82, 2.24) is 14.3 Å². The van der Waals surface area contributed by atoms with Gasteiger partial charge in [0.25, 0.3) is 11.5 Å². The largest absolute Gasteiger partial charge is 0.495 e. The summed E-state index contributed by atoms with van der Waals surface area (Å²) < 4.78 is 8.75. The lowest BCUT2D eigenvalue weighted by molar-refractivity contribution is 0.0751. The van der Waals surface area contributed by atoms with E-state index >= 15 is 0 Å². The van der Waals surface area contributed by atoms with Crippen LogP contribution < -0.4 is 15.2 Å². The van der Waals surface area contributed by atoms with Gasteiger partial charge in [-0.1, -0.05) is 32.4 Å². The second kappa shape index (κ2) is 10.6. The molecule has 0 fully saturated rings. The van der Waals surface area contributed by atoms with Crippen molar-refractivity contribution in [2.75, 3.05) is 19.1 Å². The van der Waals surface area contributed by atoms with E-state index in [9.17, 15) is 14.4 Å². The topological polar surface area (TPSA) is 86.4 Å². The highest BCUT2D eigenvalue weighted by atomic mass is 35.5. The molecule has 4 heterocycles. The molecule has 0 radical (unpaired) electrons. The first-order valence-corrected chi connectivity index (χ1v) is 13.6. The summed E-state index contributed by atoms with van der Waals surface area (Å²) in [6.45, 7) is 5.79. The molecule has 0 bridgehead atoms. The van der Waals surface area contributed by atoms with Crippen LogP contribution in [-0.4, -0.2) is 40.2 Å². The number of carbonyl (C=O) groups is 2. The molecule has 0 spiro atoms. The Morgan fingerprint density at radius 2 is 1.95 bits per heavy atom. The van der Waals surface area contributed by atoms with E-state index in [0.29, 0.717) is 33.7 Å². The Labute approximate surface area is 227 Å². The van der Waals surface area contributed by atoms with Gasteiger partial charge in [-0.05, 0) is 29.6 Å². The number of thiophene rings is 2. The standard InChI is InChI=1S/C26H27ClN4O4S2/c1-26(2,3)25(34)31-23(29(4)13-18-6-7-22(27)37-18)11-20(28-31)19-10-17(35-5)12-30(24(19)33)14-21(32)16-8-9-36-15-16/h6-12,15H,13-14H2,1-5H3. The Balaban J connectivity index is 1.79. The minimum absolute atomic E-state index is 0.146. The number of pyridine rings is 1. The van der Waals surface area contributed by atoms with Gasteiger partial charge in [0, 0.05) is 40.5 Å². The normalized spacial score (nSPS) is 11.5. The molecule has 8 nitrogen and oxygen atoms in total. The van der Waals surface area contributed by atoms with Crippen LogP contribution in [0.1, 0.15) is 40.8 Å². The monoisotopic (exact) mass is 558 g/mol. The number of methoxy groups -OCH3 is 1. The lowest BCUT2D eigenvalue weighted by atomic mass is 9.96. The van der Waals surface area contributed by atoms with Crippen LogP contribution in [0.4, 0.5) is 5.82 Å². The molecular weight excluding hydrogens is 532 g/mol. The van der Waals surface area contributed by atoms with Gasteiger partial charge in [0.2, 0.25) is 0 Å². The molecule has 37 heavy (non-hydrogen) atoms. The second-order valence-electron chi connectivity index (χ2n) is 9.58. The van der Waals surface area contributed by atoms with E-state index in [0.717, 1.165) is 4.88 Å². The van der Waals surface area contributed by atoms with E-state index in [4.69, 9.17) is 16.3 Å². The minimum Gasteiger partial charge on any atom is -0.495 e. The number of hydrogen-bond acceptors (Lipinski definition) is 8. The molecule has 4 aromatic rings. The van der Waals surface area contributed by atoms with Crippen LogP contribution in [0.2, 0.25) is 4.34 Å². The summed E-state index contributed by atoms with van der Waals surface area (Å²) in [6, 6.07) is 8.77. The zero-order valence-corrected chi connectivity index (χ0v) is 23.5. The van der Waals surface area contributed by atoms with Crippen molar-refractivity contribution < 1.29 is 14.3 Å². The molecule has 0 N–H and O–H groups in total. The number of anilines is 1. The summed E-state index contributed by atoms with van der Waals surface area (Å²) in [4.78, 5) is 42.5. The van der Waals surface area contributed by atoms with Gasteiger partial charge in [0.05, 0.1) is 30.1 Å². The average Bonchev–Trinajstić information content (AvgIpc) is 3.60. The zero-order chi connectivity index (χ0) is 26.9. The number of nitrogens with zero attached hydrogens (tertiary/aromatic N) is 4. The van der Waals surface area contributed by atoms with Crippen LogP contribution in [0.5, 0.6) is 5.75 Å². The Morgan fingerprint density at radius 1 is 1.19 bits per heavy atom. The first kappa shape index (κ1) is 26.8. The highest BCUT2D eigenvalue weighted by molar-refractivity contribution is 7.16. The smallest absolute Gasteiger partial charge is 0.260 e. The SMILES string of the molecule is COc1cc(-c2cc(N(C)Cc3ccc(Cl)s3)n(C(=O)C(C)(C)C)n2)c(=O)n(CC(=O)c2ccsc2)c1. The summed E-state index contributed by atoms with van der Waals surface area (Å²) in [5.41, 5.74) is -0.0430. The van der Waals surface area contributed by atoms with E-state index in [-0.39, 0.29) is 23.8 Å². The van der Waals surface area contributed by atoms with Crippen LogP contribution in [-0.2, 0) is 13.1 Å². The predicted octanol–water partition coefficient (Wildman–Crippen LogP) is 5.70. The van der Waals surface area contributed by atoms with Crippen molar-refractivity contribution in [2.45, 2.75) is 33.9 Å². The molecular formula is C26H27ClN4O4S2. The highest BCUT2D eigenvalue weighted by Gasteiger charge is 2.29. The third kappa shape index (κ3) is 5.87. The van der Waals surface area contributed by atoms with Crippen LogP contribution in [0.25, 0.3) is 11.3 Å². The zero-order valence-electron chi connectivity index (χ0n) is 21.1. The quantitative estimate of drug-likeness (QED) is 0.258. The van der Waals surface area contributed by atoms with Crippen molar-refractivity contribution in [1.29, 1.82) is 0 Å². The van der Waals surface area contributed by atoms with Crippen molar-refractivity contribution in [3.63, 3.8) is 0 Å². The van der Waals surface area contributed by atoms with E-state index in [1.807, 2.05) is 50.2 Å². The number of rotatable bonds is 8. The van der Waals surface area contributed by atoms with Crippen molar-refractivity contribution >= 4 is 51.8 Å². The summed E-state index contributed by atoms with van der Waals surface area (Å²) in [5, 5.41) is 8.13. The van der Waals surface area contributed by atoms with Gasteiger partial charge in [0.15, 0.2) is 5.78 Å². The molecule has 194 valence electrons. The molecule has 0 saturated carbocycles. The maximum atomic E-state index is 13.5. The molecule has 0 aromatic carbocycles. The van der Waals surface area contributed by atoms with Gasteiger partial charge >= 0.3 is 0 Å². The molecule has 0 saturated heterocycles. The Hall–Kier alpha value is -3.21. The molecule has 0 aliphatic rings. The fourth-order valence-electron chi connectivity index (χ4n) is 3.68. The lowest BCUT2D eigenvalue weighted by Crippen LogP contribution is -2.31. The first-order chi connectivity index (χ1) is 17.5. The van der Waals surface area contributed by atoms with Crippen molar-refractivity contribution in [3.8, 4) is 17.0 Å². The molecule has 11 heteroatoms. The Morgan fingerprint density at radius 3 is 2.54 bits per heavy atom. The van der Waals surface area contributed by atoms with Crippen LogP contribution in [0.15, 0.2) is 52.1 Å². The van der Waals surface area contributed by atoms with Crippen LogP contribution >= 0.6 is 34.3 Å². The second-order valence-corrected chi connectivity index (χ2v) is 12.2. The molecule has 4 rings (SSSR count). The molecule has 0 amide bonds. The van der Waals surface area contributed by atoms with E-state index in [1.165, 1.54) is 45.2 Å². The first-order valence-electron chi connectivity index (χ1n) is 11.4. The van der Waals surface area contributed by atoms with Crippen LogP contribution in [0.3, 0.4) is 0 Å². The van der Waals surface area contributed by atoms with Crippen molar-refractivity contribution in [2.24, 2.45) is 5.41 Å². The number of aromatic nitrogens is 3. The van der Waals surface area contributed by atoms with Gasteiger partial charge in [-0.2, -0.15) is 21.1 Å². The predicted molar refractivity (Wildman–Crippen MR) is 149 cm³/mol. The third-order valence-corrected chi connectivity index (χ3v) is 7.57. The molecule has 4 aromatic heterocycles. The summed E-state index contributed by atoms with van der Waals surface area (Å²) in [7, 11) is 3.34. The molecule has 0 aliphatic carbocycles. The number of ether oxygens (including phenoxy) is 1.